The van der Waals surface area contributed by atoms with Crippen molar-refractivity contribution < 1.29 is 17.9 Å². The Kier molecular flexibility index (Phi) is 4.96. The summed E-state index contributed by atoms with van der Waals surface area (Å²) in [7, 11) is -3.43. The van der Waals surface area contributed by atoms with Crippen LogP contribution in [0.5, 0.6) is 5.75 Å². The van der Waals surface area contributed by atoms with E-state index in [4.69, 9.17) is 4.18 Å². The fourth-order valence-corrected chi connectivity index (χ4v) is 1.82. The van der Waals surface area contributed by atoms with Gasteiger partial charge >= 0.3 is 10.1 Å². The van der Waals surface area contributed by atoms with Gasteiger partial charge in [-0.2, -0.15) is 8.42 Å². The second-order valence-corrected chi connectivity index (χ2v) is 5.83. The lowest BCUT2D eigenvalue weighted by Gasteiger charge is -2.08. The largest absolute Gasteiger partial charge is 0.383 e. The Morgan fingerprint density at radius 3 is 2.35 bits per heavy atom. The minimum atomic E-state index is -3.43. The van der Waals surface area contributed by atoms with Crippen LogP contribution in [-0.4, -0.2) is 20.7 Å². The lowest BCUT2D eigenvalue weighted by atomic mass is 10.2. The molecule has 4 nitrogen and oxygen atoms in total. The third-order valence-corrected chi connectivity index (χ3v) is 3.07. The van der Waals surface area contributed by atoms with Crippen molar-refractivity contribution in [1.82, 2.24) is 0 Å². The molecule has 1 rings (SSSR count). The van der Waals surface area contributed by atoms with Crippen LogP contribution in [0.25, 0.3) is 0 Å². The second-order valence-electron chi connectivity index (χ2n) is 4.26. The van der Waals surface area contributed by atoms with E-state index < -0.39 is 10.1 Å². The molecule has 1 aromatic carbocycles. The van der Waals surface area contributed by atoms with Crippen LogP contribution in [0.4, 0.5) is 0 Å². The van der Waals surface area contributed by atoms with Crippen LogP contribution in [0.3, 0.4) is 0 Å². The summed E-state index contributed by atoms with van der Waals surface area (Å²) in [5, 5.41) is 2.26. The number of benzene rings is 1. The van der Waals surface area contributed by atoms with E-state index in [1.54, 1.807) is 12.1 Å². The van der Waals surface area contributed by atoms with Gasteiger partial charge in [-0.3, -0.25) is 0 Å². The van der Waals surface area contributed by atoms with Crippen molar-refractivity contribution in [1.29, 1.82) is 0 Å². The molecule has 17 heavy (non-hydrogen) atoms. The Bertz CT molecular complexity index is 439. The fraction of sp³-hybridized carbons (Fsp3) is 0.500. The van der Waals surface area contributed by atoms with Crippen LogP contribution in [0.2, 0.25) is 0 Å². The maximum absolute atomic E-state index is 10.9. The highest BCUT2D eigenvalue weighted by molar-refractivity contribution is 7.86. The smallest absolute Gasteiger partial charge is 0.306 e. The van der Waals surface area contributed by atoms with Gasteiger partial charge in [0.2, 0.25) is 0 Å². The Morgan fingerprint density at radius 1 is 1.29 bits per heavy atom. The summed E-state index contributed by atoms with van der Waals surface area (Å²) in [4.78, 5) is 0. The number of rotatable bonds is 6. The average Bonchev–Trinajstić information content (AvgIpc) is 2.25. The summed E-state index contributed by atoms with van der Waals surface area (Å²) in [5.74, 6) is 0.361. The Hall–Kier alpha value is -1.07. The minimum Gasteiger partial charge on any atom is -0.383 e. The molecule has 0 aliphatic carbocycles. The number of nitrogens with two attached hydrogens (primary N) is 1. The Morgan fingerprint density at radius 2 is 1.88 bits per heavy atom. The Labute approximate surface area is 103 Å². The topological polar surface area (TPSA) is 60.0 Å². The predicted molar refractivity (Wildman–Crippen MR) is 67.3 cm³/mol. The van der Waals surface area contributed by atoms with Crippen molar-refractivity contribution in [2.45, 2.75) is 32.9 Å². The van der Waals surface area contributed by atoms with Gasteiger partial charge in [-0.1, -0.05) is 6.92 Å². The molecule has 0 saturated carbocycles. The van der Waals surface area contributed by atoms with Crippen LogP contribution in [0.1, 0.15) is 25.8 Å². The molecule has 0 radical (unpaired) electrons. The number of hydrogen-bond acceptors (Lipinski definition) is 3. The zero-order valence-corrected chi connectivity index (χ0v) is 11.3. The molecule has 1 atom stereocenters. The van der Waals surface area contributed by atoms with Gasteiger partial charge in [0.25, 0.3) is 0 Å². The molecule has 0 unspecified atom stereocenters. The third kappa shape index (κ3) is 5.70. The standard InChI is InChI=1S/C12H19NO3S/c1-4-10(2)13-9-11-5-7-12(8-6-11)16-17(3,14)15/h5-8,10,13H,4,9H2,1-3H3/p+1/t10-/m0/s1. The highest BCUT2D eigenvalue weighted by Gasteiger charge is 2.05. The highest BCUT2D eigenvalue weighted by atomic mass is 32.2. The first-order valence-corrected chi connectivity index (χ1v) is 7.54. The highest BCUT2D eigenvalue weighted by Crippen LogP contribution is 2.13. The first kappa shape index (κ1) is 14.0. The molecule has 0 heterocycles. The first-order valence-electron chi connectivity index (χ1n) is 5.72. The SMILES string of the molecule is CC[C@H](C)[NH2+]Cc1ccc(OS(C)(=O)=O)cc1. The van der Waals surface area contributed by atoms with Crippen LogP contribution >= 0.6 is 0 Å². The van der Waals surface area contributed by atoms with E-state index in [0.717, 1.165) is 24.8 Å². The lowest BCUT2D eigenvalue weighted by molar-refractivity contribution is -0.701. The van der Waals surface area contributed by atoms with Gasteiger partial charge in [0, 0.05) is 5.56 Å². The van der Waals surface area contributed by atoms with Crippen molar-refractivity contribution in [2.24, 2.45) is 0 Å². The van der Waals surface area contributed by atoms with Gasteiger partial charge in [-0.15, -0.1) is 0 Å². The summed E-state index contributed by atoms with van der Waals surface area (Å²) in [6.07, 6.45) is 2.17. The molecule has 0 aliphatic rings. The molecule has 0 fully saturated rings. The van der Waals surface area contributed by atoms with Crippen molar-refractivity contribution in [2.75, 3.05) is 6.26 Å². The molecule has 2 N–H and O–H groups in total. The molecule has 0 aromatic heterocycles. The van der Waals surface area contributed by atoms with E-state index in [-0.39, 0.29) is 0 Å². The summed E-state index contributed by atoms with van der Waals surface area (Å²) >= 11 is 0. The van der Waals surface area contributed by atoms with Crippen LogP contribution in [-0.2, 0) is 16.7 Å². The van der Waals surface area contributed by atoms with Crippen LogP contribution in [0, 0.1) is 0 Å². The number of hydrogen-bond donors (Lipinski definition) is 1. The van der Waals surface area contributed by atoms with Gasteiger partial charge in [0.05, 0.1) is 12.3 Å². The van der Waals surface area contributed by atoms with Crippen LogP contribution < -0.4 is 9.50 Å². The molecule has 1 aromatic rings. The normalized spacial score (nSPS) is 13.4. The molecule has 5 heteroatoms. The van der Waals surface area contributed by atoms with Gasteiger partial charge in [0.15, 0.2) is 0 Å². The quantitative estimate of drug-likeness (QED) is 0.771. The molecule has 96 valence electrons. The van der Waals surface area contributed by atoms with E-state index in [0.29, 0.717) is 11.8 Å². The maximum atomic E-state index is 10.9. The van der Waals surface area contributed by atoms with Crippen molar-refractivity contribution in [3.05, 3.63) is 29.8 Å². The van der Waals surface area contributed by atoms with Crippen molar-refractivity contribution in [3.63, 3.8) is 0 Å². The molecule has 0 spiro atoms. The zero-order chi connectivity index (χ0) is 12.9. The van der Waals surface area contributed by atoms with Gasteiger partial charge in [-0.05, 0) is 37.6 Å². The summed E-state index contributed by atoms with van der Waals surface area (Å²) in [5.41, 5.74) is 1.16. The average molecular weight is 258 g/mol. The second kappa shape index (κ2) is 6.02. The van der Waals surface area contributed by atoms with E-state index in [1.165, 1.54) is 0 Å². The van der Waals surface area contributed by atoms with E-state index in [1.807, 2.05) is 12.1 Å². The molecular formula is C12H20NO3S+. The fourth-order valence-electron chi connectivity index (χ4n) is 1.36. The van der Waals surface area contributed by atoms with Crippen molar-refractivity contribution >= 4 is 10.1 Å². The van der Waals surface area contributed by atoms with E-state index in [2.05, 4.69) is 19.2 Å². The van der Waals surface area contributed by atoms with Gasteiger partial charge in [-0.25, -0.2) is 0 Å². The Balaban J connectivity index is 2.56. The monoisotopic (exact) mass is 258 g/mol. The van der Waals surface area contributed by atoms with E-state index >= 15 is 0 Å². The summed E-state index contributed by atoms with van der Waals surface area (Å²) < 4.78 is 26.6. The molecule has 0 bridgehead atoms. The number of quaternary nitrogens is 1. The molecule has 0 aliphatic heterocycles. The van der Waals surface area contributed by atoms with Crippen LogP contribution in [0.15, 0.2) is 24.3 Å². The lowest BCUT2D eigenvalue weighted by Crippen LogP contribution is -2.87. The summed E-state index contributed by atoms with van der Waals surface area (Å²) in [6.45, 7) is 5.24. The van der Waals surface area contributed by atoms with Gasteiger partial charge in [0.1, 0.15) is 12.3 Å². The molecular weight excluding hydrogens is 238 g/mol. The first-order chi connectivity index (χ1) is 7.90. The van der Waals surface area contributed by atoms with E-state index in [9.17, 15) is 8.42 Å². The molecule has 0 saturated heterocycles. The zero-order valence-electron chi connectivity index (χ0n) is 10.5. The van der Waals surface area contributed by atoms with Gasteiger partial charge < -0.3 is 9.50 Å². The predicted octanol–water partition coefficient (Wildman–Crippen LogP) is 0.887. The minimum absolute atomic E-state index is 0.361. The molecule has 0 amide bonds. The third-order valence-electron chi connectivity index (χ3n) is 2.57. The summed E-state index contributed by atoms with van der Waals surface area (Å²) in [6, 6.07) is 7.74. The maximum Gasteiger partial charge on any atom is 0.306 e. The van der Waals surface area contributed by atoms with Crippen molar-refractivity contribution in [3.8, 4) is 5.75 Å².